The second kappa shape index (κ2) is 5.09. The lowest BCUT2D eigenvalue weighted by molar-refractivity contribution is -0.138. The van der Waals surface area contributed by atoms with Crippen molar-refractivity contribution in [2.24, 2.45) is 7.05 Å². The zero-order chi connectivity index (χ0) is 14.0. The number of aromatic nitrogens is 3. The van der Waals surface area contributed by atoms with Gasteiger partial charge in [-0.15, -0.1) is 0 Å². The first kappa shape index (κ1) is 13.1. The van der Waals surface area contributed by atoms with E-state index < -0.39 is 11.9 Å². The Bertz CT molecular complexity index is 640. The molecule has 0 radical (unpaired) electrons. The second-order valence-electron chi connectivity index (χ2n) is 4.48. The van der Waals surface area contributed by atoms with Crippen molar-refractivity contribution in [1.82, 2.24) is 14.3 Å². The van der Waals surface area contributed by atoms with Crippen LogP contribution in [0.15, 0.2) is 35.4 Å². The SMILES string of the molecule is CC(C(=O)O)c1ccc(Cn2ncn(C)c2=O)cc1. The Morgan fingerprint density at radius 2 is 2.00 bits per heavy atom. The predicted molar refractivity (Wildman–Crippen MR) is 69.1 cm³/mol. The molecule has 0 spiro atoms. The van der Waals surface area contributed by atoms with Gasteiger partial charge in [0.25, 0.3) is 0 Å². The first-order valence-electron chi connectivity index (χ1n) is 5.89. The van der Waals surface area contributed by atoms with Gasteiger partial charge in [-0.25, -0.2) is 9.48 Å². The molecule has 19 heavy (non-hydrogen) atoms. The van der Waals surface area contributed by atoms with E-state index >= 15 is 0 Å². The van der Waals surface area contributed by atoms with Gasteiger partial charge in [-0.05, 0) is 18.1 Å². The molecule has 1 atom stereocenters. The number of carboxylic acids is 1. The number of carbonyl (C=O) groups is 1. The molecule has 0 aliphatic carbocycles. The zero-order valence-corrected chi connectivity index (χ0v) is 10.8. The molecule has 1 N–H and O–H groups in total. The molecule has 0 saturated heterocycles. The number of aryl methyl sites for hydroxylation is 1. The van der Waals surface area contributed by atoms with Crippen LogP contribution < -0.4 is 5.69 Å². The van der Waals surface area contributed by atoms with E-state index in [-0.39, 0.29) is 5.69 Å². The van der Waals surface area contributed by atoms with Crippen LogP contribution >= 0.6 is 0 Å². The lowest BCUT2D eigenvalue weighted by Gasteiger charge is -2.07. The molecule has 2 rings (SSSR count). The molecule has 0 aliphatic rings. The monoisotopic (exact) mass is 261 g/mol. The van der Waals surface area contributed by atoms with Crippen molar-refractivity contribution in [2.45, 2.75) is 19.4 Å². The van der Waals surface area contributed by atoms with Crippen LogP contribution in [0, 0.1) is 0 Å². The van der Waals surface area contributed by atoms with Crippen molar-refractivity contribution in [3.63, 3.8) is 0 Å². The number of nitrogens with zero attached hydrogens (tertiary/aromatic N) is 3. The predicted octanol–water partition coefficient (Wildman–Crippen LogP) is 0.818. The molecule has 100 valence electrons. The maximum absolute atomic E-state index is 11.6. The van der Waals surface area contributed by atoms with Crippen LogP contribution in [0.4, 0.5) is 0 Å². The van der Waals surface area contributed by atoms with E-state index in [1.165, 1.54) is 15.6 Å². The summed E-state index contributed by atoms with van der Waals surface area (Å²) in [4.78, 5) is 22.5. The Kier molecular flexibility index (Phi) is 3.50. The molecule has 0 amide bonds. The van der Waals surface area contributed by atoms with Crippen molar-refractivity contribution in [3.05, 3.63) is 52.2 Å². The lowest BCUT2D eigenvalue weighted by Crippen LogP contribution is -2.23. The van der Waals surface area contributed by atoms with E-state index in [1.54, 1.807) is 26.1 Å². The van der Waals surface area contributed by atoms with Gasteiger partial charge in [0.2, 0.25) is 0 Å². The van der Waals surface area contributed by atoms with Crippen LogP contribution in [0.5, 0.6) is 0 Å². The van der Waals surface area contributed by atoms with E-state index in [4.69, 9.17) is 5.11 Å². The van der Waals surface area contributed by atoms with Crippen LogP contribution in [-0.4, -0.2) is 25.4 Å². The molecule has 1 heterocycles. The fraction of sp³-hybridized carbons (Fsp3) is 0.308. The van der Waals surface area contributed by atoms with Gasteiger partial charge in [0.1, 0.15) is 6.33 Å². The highest BCUT2D eigenvalue weighted by Crippen LogP contribution is 2.16. The third-order valence-corrected chi connectivity index (χ3v) is 3.07. The third-order valence-electron chi connectivity index (χ3n) is 3.07. The summed E-state index contributed by atoms with van der Waals surface area (Å²) in [7, 11) is 1.64. The summed E-state index contributed by atoms with van der Waals surface area (Å²) in [6.07, 6.45) is 1.46. The molecule has 6 heteroatoms. The smallest absolute Gasteiger partial charge is 0.345 e. The average Bonchev–Trinajstić information content (AvgIpc) is 2.71. The number of rotatable bonds is 4. The maximum atomic E-state index is 11.6. The summed E-state index contributed by atoms with van der Waals surface area (Å²) < 4.78 is 2.76. The quantitative estimate of drug-likeness (QED) is 0.883. The van der Waals surface area contributed by atoms with Gasteiger partial charge in [0, 0.05) is 7.05 Å². The zero-order valence-electron chi connectivity index (χ0n) is 10.8. The molecule has 0 saturated carbocycles. The molecular weight excluding hydrogens is 246 g/mol. The lowest BCUT2D eigenvalue weighted by atomic mass is 10.0. The molecular formula is C13H15N3O3. The molecule has 0 fully saturated rings. The van der Waals surface area contributed by atoms with Crippen molar-refractivity contribution < 1.29 is 9.90 Å². The first-order chi connectivity index (χ1) is 8.99. The Balaban J connectivity index is 2.17. The topological polar surface area (TPSA) is 77.1 Å². The summed E-state index contributed by atoms with van der Waals surface area (Å²) in [6, 6.07) is 7.16. The molecule has 1 unspecified atom stereocenters. The number of hydrogen-bond donors (Lipinski definition) is 1. The molecule has 1 aromatic carbocycles. The van der Waals surface area contributed by atoms with Crippen molar-refractivity contribution in [1.29, 1.82) is 0 Å². The number of aliphatic carboxylic acids is 1. The minimum atomic E-state index is -0.853. The summed E-state index contributed by atoms with van der Waals surface area (Å²) in [5, 5.41) is 12.9. The van der Waals surface area contributed by atoms with Crippen LogP contribution in [0.2, 0.25) is 0 Å². The van der Waals surface area contributed by atoms with Crippen LogP contribution in [0.25, 0.3) is 0 Å². The normalized spacial score (nSPS) is 12.3. The summed E-state index contributed by atoms with van der Waals surface area (Å²) >= 11 is 0. The Labute approximate surface area is 109 Å². The molecule has 2 aromatic rings. The highest BCUT2D eigenvalue weighted by Gasteiger charge is 2.13. The molecule has 0 bridgehead atoms. The third kappa shape index (κ3) is 2.73. The minimum absolute atomic E-state index is 0.178. The van der Waals surface area contributed by atoms with Crippen LogP contribution in [-0.2, 0) is 18.4 Å². The first-order valence-corrected chi connectivity index (χ1v) is 5.89. The summed E-state index contributed by atoms with van der Waals surface area (Å²) in [5.74, 6) is -1.39. The van der Waals surface area contributed by atoms with E-state index in [1.807, 2.05) is 12.1 Å². The second-order valence-corrected chi connectivity index (χ2v) is 4.48. The van der Waals surface area contributed by atoms with E-state index in [9.17, 15) is 9.59 Å². The van der Waals surface area contributed by atoms with E-state index in [2.05, 4.69) is 5.10 Å². The van der Waals surface area contributed by atoms with E-state index in [0.29, 0.717) is 6.54 Å². The molecule has 0 aliphatic heterocycles. The Morgan fingerprint density at radius 3 is 2.47 bits per heavy atom. The van der Waals surface area contributed by atoms with Crippen molar-refractivity contribution in [3.8, 4) is 0 Å². The van der Waals surface area contributed by atoms with Gasteiger partial charge in [-0.3, -0.25) is 9.36 Å². The van der Waals surface area contributed by atoms with Crippen LogP contribution in [0.3, 0.4) is 0 Å². The van der Waals surface area contributed by atoms with Gasteiger partial charge in [-0.2, -0.15) is 5.10 Å². The van der Waals surface area contributed by atoms with Crippen molar-refractivity contribution in [2.75, 3.05) is 0 Å². The largest absolute Gasteiger partial charge is 0.481 e. The Hall–Kier alpha value is -2.37. The highest BCUT2D eigenvalue weighted by molar-refractivity contribution is 5.75. The maximum Gasteiger partial charge on any atom is 0.345 e. The number of carboxylic acid groups (broad SMARTS) is 1. The number of benzene rings is 1. The van der Waals surface area contributed by atoms with Gasteiger partial charge in [-0.1, -0.05) is 24.3 Å². The standard InChI is InChI=1S/C13H15N3O3/c1-9(12(17)18)11-5-3-10(4-6-11)7-16-13(19)15(2)8-14-16/h3-6,8-9H,7H2,1-2H3,(H,17,18). The van der Waals surface area contributed by atoms with Crippen LogP contribution in [0.1, 0.15) is 24.0 Å². The summed E-state index contributed by atoms with van der Waals surface area (Å²) in [6.45, 7) is 2.02. The molecule has 6 nitrogen and oxygen atoms in total. The molecule has 1 aromatic heterocycles. The average molecular weight is 261 g/mol. The minimum Gasteiger partial charge on any atom is -0.481 e. The van der Waals surface area contributed by atoms with Gasteiger partial charge >= 0.3 is 11.7 Å². The fourth-order valence-corrected chi connectivity index (χ4v) is 1.76. The van der Waals surface area contributed by atoms with Gasteiger partial charge < -0.3 is 5.11 Å². The highest BCUT2D eigenvalue weighted by atomic mass is 16.4. The Morgan fingerprint density at radius 1 is 1.37 bits per heavy atom. The van der Waals surface area contributed by atoms with Gasteiger partial charge in [0.05, 0.1) is 12.5 Å². The fourth-order valence-electron chi connectivity index (χ4n) is 1.76. The van der Waals surface area contributed by atoms with Gasteiger partial charge in [0.15, 0.2) is 0 Å². The van der Waals surface area contributed by atoms with Crippen molar-refractivity contribution >= 4 is 5.97 Å². The number of hydrogen-bond acceptors (Lipinski definition) is 3. The van der Waals surface area contributed by atoms with E-state index in [0.717, 1.165) is 11.1 Å². The summed E-state index contributed by atoms with van der Waals surface area (Å²) in [5.41, 5.74) is 1.47.